The molecule has 0 atom stereocenters. The number of aromatic nitrogens is 1. The van der Waals surface area contributed by atoms with Crippen LogP contribution in [0, 0.1) is 17.7 Å². The number of halogens is 1. The largest absolute Gasteiger partial charge is 0.271 e. The summed E-state index contributed by atoms with van der Waals surface area (Å²) in [4.78, 5) is 8.76. The van der Waals surface area contributed by atoms with Gasteiger partial charge in [-0.1, -0.05) is 30.3 Å². The number of aliphatic imine (C=N–C) groups is 1. The van der Waals surface area contributed by atoms with E-state index in [9.17, 15) is 4.39 Å². The van der Waals surface area contributed by atoms with Gasteiger partial charge in [-0.15, -0.1) is 0 Å². The van der Waals surface area contributed by atoms with Gasteiger partial charge in [0, 0.05) is 11.8 Å². The van der Waals surface area contributed by atoms with Crippen LogP contribution >= 0.6 is 0 Å². The van der Waals surface area contributed by atoms with Crippen molar-refractivity contribution in [1.29, 1.82) is 0 Å². The van der Waals surface area contributed by atoms with Crippen LogP contribution in [0.25, 0.3) is 0 Å². The van der Waals surface area contributed by atoms with Crippen molar-refractivity contribution < 1.29 is 4.39 Å². The predicted octanol–water partition coefficient (Wildman–Crippen LogP) is 4.17. The van der Waals surface area contributed by atoms with Crippen molar-refractivity contribution >= 4 is 5.71 Å². The fraction of sp³-hybridized carbons (Fsp3) is 0.0909. The molecule has 0 aliphatic carbocycles. The zero-order valence-corrected chi connectivity index (χ0v) is 13.5. The highest BCUT2D eigenvalue weighted by Crippen LogP contribution is 2.22. The maximum Gasteiger partial charge on any atom is 0.123 e. The lowest BCUT2D eigenvalue weighted by Gasteiger charge is -2.05. The molecule has 0 spiro atoms. The Morgan fingerprint density at radius 2 is 1.76 bits per heavy atom. The summed E-state index contributed by atoms with van der Waals surface area (Å²) >= 11 is 0. The van der Waals surface area contributed by atoms with E-state index in [2.05, 4.69) is 40.0 Å². The Hall–Kier alpha value is -3.25. The quantitative estimate of drug-likeness (QED) is 0.649. The molecule has 0 N–H and O–H groups in total. The van der Waals surface area contributed by atoms with E-state index in [1.54, 1.807) is 6.20 Å². The predicted molar refractivity (Wildman–Crippen MR) is 97.0 cm³/mol. The van der Waals surface area contributed by atoms with Crippen LogP contribution in [-0.2, 0) is 13.0 Å². The van der Waals surface area contributed by atoms with E-state index in [-0.39, 0.29) is 5.82 Å². The van der Waals surface area contributed by atoms with Crippen molar-refractivity contribution in [3.8, 4) is 11.8 Å². The van der Waals surface area contributed by atoms with E-state index >= 15 is 0 Å². The molecule has 0 bridgehead atoms. The van der Waals surface area contributed by atoms with Gasteiger partial charge in [-0.2, -0.15) is 0 Å². The topological polar surface area (TPSA) is 25.2 Å². The first-order valence-electron chi connectivity index (χ1n) is 8.12. The van der Waals surface area contributed by atoms with Gasteiger partial charge < -0.3 is 0 Å². The first-order chi connectivity index (χ1) is 12.3. The zero-order valence-electron chi connectivity index (χ0n) is 13.5. The molecule has 3 heteroatoms. The molecule has 2 heterocycles. The average molecular weight is 326 g/mol. The second-order valence-electron chi connectivity index (χ2n) is 5.92. The smallest absolute Gasteiger partial charge is 0.123 e. The van der Waals surface area contributed by atoms with Crippen LogP contribution in [0.5, 0.6) is 0 Å². The number of rotatable bonds is 2. The highest BCUT2D eigenvalue weighted by Gasteiger charge is 2.14. The van der Waals surface area contributed by atoms with Gasteiger partial charge >= 0.3 is 0 Å². The van der Waals surface area contributed by atoms with E-state index in [1.807, 2.05) is 30.3 Å². The van der Waals surface area contributed by atoms with Crippen molar-refractivity contribution in [3.05, 3.63) is 101 Å². The van der Waals surface area contributed by atoms with E-state index in [1.165, 1.54) is 23.3 Å². The molecule has 0 radical (unpaired) electrons. The maximum atomic E-state index is 13.0. The first-order valence-corrected chi connectivity index (χ1v) is 8.12. The lowest BCUT2D eigenvalue weighted by Crippen LogP contribution is -1.98. The number of fused-ring (bicyclic) bond motifs is 1. The Bertz CT molecular complexity index is 994. The minimum Gasteiger partial charge on any atom is -0.271 e. The average Bonchev–Trinajstić information content (AvgIpc) is 3.05. The number of benzene rings is 2. The van der Waals surface area contributed by atoms with Gasteiger partial charge in [-0.25, -0.2) is 9.37 Å². The molecule has 4 rings (SSSR count). The third-order valence-electron chi connectivity index (χ3n) is 4.13. The van der Waals surface area contributed by atoms with Gasteiger partial charge in [0.2, 0.25) is 0 Å². The minimum atomic E-state index is -0.211. The highest BCUT2D eigenvalue weighted by molar-refractivity contribution is 6.15. The fourth-order valence-electron chi connectivity index (χ4n) is 2.85. The summed E-state index contributed by atoms with van der Waals surface area (Å²) in [5, 5.41) is 0. The molecule has 1 aromatic heterocycles. The van der Waals surface area contributed by atoms with Gasteiger partial charge in [0.1, 0.15) is 17.2 Å². The van der Waals surface area contributed by atoms with Crippen molar-refractivity contribution in [2.45, 2.75) is 13.0 Å². The van der Waals surface area contributed by atoms with Crippen LogP contribution in [0.1, 0.15) is 27.9 Å². The lowest BCUT2D eigenvalue weighted by molar-refractivity contribution is 0.627. The number of hydrogen-bond acceptors (Lipinski definition) is 2. The number of hydrogen-bond donors (Lipinski definition) is 0. The van der Waals surface area contributed by atoms with Crippen LogP contribution in [-0.4, -0.2) is 10.7 Å². The van der Waals surface area contributed by atoms with E-state index in [0.29, 0.717) is 6.54 Å². The molecule has 1 aliphatic rings. The molecule has 2 nitrogen and oxygen atoms in total. The lowest BCUT2D eigenvalue weighted by atomic mass is 9.98. The fourth-order valence-corrected chi connectivity index (χ4v) is 2.85. The van der Waals surface area contributed by atoms with Crippen LogP contribution in [0.2, 0.25) is 0 Å². The Morgan fingerprint density at radius 3 is 2.56 bits per heavy atom. The summed E-state index contributed by atoms with van der Waals surface area (Å²) in [6, 6.07) is 18.6. The third kappa shape index (κ3) is 3.49. The SMILES string of the molecule is Fc1ccc(Cc2ccc3c(c2)C(C#Cc2ccccn2)=NC3)cc1. The normalized spacial score (nSPS) is 12.1. The molecule has 0 fully saturated rings. The maximum absolute atomic E-state index is 13.0. The second kappa shape index (κ2) is 6.70. The Kier molecular flexibility index (Phi) is 4.10. The van der Waals surface area contributed by atoms with E-state index in [4.69, 9.17) is 0 Å². The summed E-state index contributed by atoms with van der Waals surface area (Å²) in [6.07, 6.45) is 2.49. The molecule has 2 aromatic carbocycles. The van der Waals surface area contributed by atoms with Crippen molar-refractivity contribution in [3.63, 3.8) is 0 Å². The minimum absolute atomic E-state index is 0.211. The van der Waals surface area contributed by atoms with Crippen molar-refractivity contribution in [2.24, 2.45) is 4.99 Å². The van der Waals surface area contributed by atoms with E-state index in [0.717, 1.165) is 29.0 Å². The van der Waals surface area contributed by atoms with Crippen LogP contribution < -0.4 is 0 Å². The second-order valence-corrected chi connectivity index (χ2v) is 5.92. The van der Waals surface area contributed by atoms with Crippen LogP contribution in [0.3, 0.4) is 0 Å². The monoisotopic (exact) mass is 326 g/mol. The van der Waals surface area contributed by atoms with Crippen molar-refractivity contribution in [1.82, 2.24) is 4.98 Å². The van der Waals surface area contributed by atoms with Gasteiger partial charge in [0.25, 0.3) is 0 Å². The number of pyridine rings is 1. The molecule has 25 heavy (non-hydrogen) atoms. The standard InChI is InChI=1S/C22H15FN2/c23-19-8-5-16(6-9-19)13-17-4-7-18-15-25-22(21(18)14-17)11-10-20-3-1-2-12-24-20/h1-9,12,14H,13,15H2. The number of nitrogens with zero attached hydrogens (tertiary/aromatic N) is 2. The molecule has 0 saturated heterocycles. The summed E-state index contributed by atoms with van der Waals surface area (Å²) in [7, 11) is 0. The third-order valence-corrected chi connectivity index (χ3v) is 4.13. The van der Waals surface area contributed by atoms with Gasteiger partial charge in [-0.05, 0) is 65.3 Å². The van der Waals surface area contributed by atoms with Crippen molar-refractivity contribution in [2.75, 3.05) is 0 Å². The summed E-state index contributed by atoms with van der Waals surface area (Å²) in [5.41, 5.74) is 6.07. The molecule has 0 saturated carbocycles. The van der Waals surface area contributed by atoms with Gasteiger partial charge in [0.05, 0.1) is 6.54 Å². The van der Waals surface area contributed by atoms with Gasteiger partial charge in [0.15, 0.2) is 0 Å². The summed E-state index contributed by atoms with van der Waals surface area (Å²) < 4.78 is 13.0. The Balaban J connectivity index is 1.59. The van der Waals surface area contributed by atoms with E-state index < -0.39 is 0 Å². The molecular formula is C22H15FN2. The molecule has 120 valence electrons. The molecule has 1 aliphatic heterocycles. The van der Waals surface area contributed by atoms with Gasteiger partial charge in [-0.3, -0.25) is 4.99 Å². The molecule has 0 amide bonds. The Labute approximate surface area is 146 Å². The molecule has 3 aromatic rings. The van der Waals surface area contributed by atoms with Crippen LogP contribution in [0.4, 0.5) is 4.39 Å². The first kappa shape index (κ1) is 15.3. The zero-order chi connectivity index (χ0) is 17.1. The summed E-state index contributed by atoms with van der Waals surface area (Å²) in [6.45, 7) is 0.665. The Morgan fingerprint density at radius 1 is 0.920 bits per heavy atom. The molecule has 0 unspecified atom stereocenters. The summed E-state index contributed by atoms with van der Waals surface area (Å²) in [5.74, 6) is 6.00. The molecular weight excluding hydrogens is 311 g/mol. The van der Waals surface area contributed by atoms with Crippen LogP contribution in [0.15, 0.2) is 71.9 Å². The highest BCUT2D eigenvalue weighted by atomic mass is 19.1.